The van der Waals surface area contributed by atoms with Crippen molar-refractivity contribution >= 4 is 45.3 Å². The van der Waals surface area contributed by atoms with Crippen molar-refractivity contribution in [2.45, 2.75) is 77.0 Å². The van der Waals surface area contributed by atoms with Crippen LogP contribution >= 0.6 is 23.2 Å². The first kappa shape index (κ1) is 31.3. The van der Waals surface area contributed by atoms with Crippen LogP contribution in [0.4, 0.5) is 0 Å². The summed E-state index contributed by atoms with van der Waals surface area (Å²) in [7, 11) is -3.99. The van der Waals surface area contributed by atoms with E-state index in [0.717, 1.165) is 5.69 Å². The lowest BCUT2D eigenvalue weighted by Gasteiger charge is -2.51. The molecule has 1 fully saturated rings. The highest BCUT2D eigenvalue weighted by Gasteiger charge is 2.51. The maximum atomic E-state index is 13.3. The van der Waals surface area contributed by atoms with E-state index in [-0.39, 0.29) is 29.6 Å². The lowest BCUT2D eigenvalue weighted by molar-refractivity contribution is -0.156. The summed E-state index contributed by atoms with van der Waals surface area (Å²) >= 11 is 12.3. The van der Waals surface area contributed by atoms with Crippen LogP contribution in [0.2, 0.25) is 10.0 Å². The number of esters is 1. The third-order valence-electron chi connectivity index (χ3n) is 6.96. The normalized spacial score (nSPS) is 17.3. The van der Waals surface area contributed by atoms with Crippen LogP contribution in [0.1, 0.15) is 70.4 Å². The van der Waals surface area contributed by atoms with Crippen LogP contribution in [0, 0.1) is 0 Å². The largest absolute Gasteiger partial charge is 0.459 e. The van der Waals surface area contributed by atoms with Gasteiger partial charge < -0.3 is 10.1 Å². The van der Waals surface area contributed by atoms with Gasteiger partial charge in [-0.3, -0.25) is 14.6 Å². The van der Waals surface area contributed by atoms with Gasteiger partial charge in [0.05, 0.1) is 10.6 Å². The van der Waals surface area contributed by atoms with Gasteiger partial charge in [0, 0.05) is 41.0 Å². The number of hydrogen-bond acceptors (Lipinski definition) is 6. The third kappa shape index (κ3) is 7.29. The van der Waals surface area contributed by atoms with Crippen LogP contribution in [0.15, 0.2) is 42.6 Å². The van der Waals surface area contributed by atoms with E-state index in [1.165, 1.54) is 17.3 Å². The Morgan fingerprint density at radius 1 is 1.08 bits per heavy atom. The molecule has 0 aliphatic carbocycles. The van der Waals surface area contributed by atoms with E-state index in [1.54, 1.807) is 45.2 Å². The summed E-state index contributed by atoms with van der Waals surface area (Å²) in [6.45, 7) is 10.7. The molecule has 1 atom stereocenters. The van der Waals surface area contributed by atoms with Crippen LogP contribution < -0.4 is 10.0 Å². The van der Waals surface area contributed by atoms with Crippen LogP contribution in [-0.2, 0) is 25.2 Å². The molecule has 2 heterocycles. The second-order valence-corrected chi connectivity index (χ2v) is 13.8. The van der Waals surface area contributed by atoms with E-state index >= 15 is 0 Å². The summed E-state index contributed by atoms with van der Waals surface area (Å²) in [6, 6.07) is 9.17. The molecule has 1 unspecified atom stereocenters. The van der Waals surface area contributed by atoms with Gasteiger partial charge in [0.2, 0.25) is 0 Å². The zero-order valence-electron chi connectivity index (χ0n) is 23.0. The predicted octanol–water partition coefficient (Wildman–Crippen LogP) is 4.50. The van der Waals surface area contributed by atoms with E-state index in [9.17, 15) is 18.0 Å². The molecule has 214 valence electrons. The van der Waals surface area contributed by atoms with E-state index in [0.29, 0.717) is 17.9 Å². The average molecular weight is 600 g/mol. The van der Waals surface area contributed by atoms with Crippen molar-refractivity contribution in [3.63, 3.8) is 0 Å². The maximum Gasteiger partial charge on any atom is 0.324 e. The minimum Gasteiger partial charge on any atom is -0.459 e. The Morgan fingerprint density at radius 3 is 2.26 bits per heavy atom. The number of halogens is 2. The van der Waals surface area contributed by atoms with Gasteiger partial charge >= 0.3 is 5.97 Å². The highest BCUT2D eigenvalue weighted by molar-refractivity contribution is 7.87. The molecule has 0 radical (unpaired) electrons. The SMILES string of the molecule is CC(NS(=O)(=O)N1CCC(c2ccccn2)(C(C)(C)NC(=O)c2ccc(Cl)cc2Cl)CC1)C(=O)OC(C)(C)C. The summed E-state index contributed by atoms with van der Waals surface area (Å²) in [5, 5.41) is 3.76. The fourth-order valence-corrected chi connectivity index (χ4v) is 6.69. The van der Waals surface area contributed by atoms with Crippen molar-refractivity contribution in [2.75, 3.05) is 13.1 Å². The summed E-state index contributed by atoms with van der Waals surface area (Å²) < 4.78 is 35.4. The Morgan fingerprint density at radius 2 is 1.72 bits per heavy atom. The number of aromatic nitrogens is 1. The van der Waals surface area contributed by atoms with Gasteiger partial charge in [0.25, 0.3) is 16.1 Å². The molecule has 3 rings (SSSR count). The van der Waals surface area contributed by atoms with Crippen molar-refractivity contribution in [2.24, 2.45) is 0 Å². The molecular weight excluding hydrogens is 563 g/mol. The molecule has 1 aliphatic rings. The number of carbonyl (C=O) groups is 2. The number of pyridine rings is 1. The van der Waals surface area contributed by atoms with Gasteiger partial charge in [-0.25, -0.2) is 0 Å². The third-order valence-corrected chi connectivity index (χ3v) is 9.20. The van der Waals surface area contributed by atoms with E-state index in [4.69, 9.17) is 27.9 Å². The smallest absolute Gasteiger partial charge is 0.324 e. The molecule has 39 heavy (non-hydrogen) atoms. The molecule has 1 aliphatic heterocycles. The highest BCUT2D eigenvalue weighted by Crippen LogP contribution is 2.44. The molecule has 2 N–H and O–H groups in total. The second-order valence-electron chi connectivity index (χ2n) is 11.3. The molecule has 0 saturated carbocycles. The van der Waals surface area contributed by atoms with Crippen LogP contribution in [0.25, 0.3) is 0 Å². The molecule has 1 amide bonds. The van der Waals surface area contributed by atoms with E-state index in [1.807, 2.05) is 26.0 Å². The predicted molar refractivity (Wildman–Crippen MR) is 152 cm³/mol. The van der Waals surface area contributed by atoms with Gasteiger partial charge in [0.15, 0.2) is 0 Å². The van der Waals surface area contributed by atoms with Crippen molar-refractivity contribution in [1.29, 1.82) is 0 Å². The number of carbonyl (C=O) groups excluding carboxylic acids is 2. The number of benzene rings is 1. The number of piperidine rings is 1. The van der Waals surface area contributed by atoms with Crippen molar-refractivity contribution in [3.05, 3.63) is 63.9 Å². The van der Waals surface area contributed by atoms with Gasteiger partial charge in [0.1, 0.15) is 11.6 Å². The molecule has 2 aromatic rings. The topological polar surface area (TPSA) is 118 Å². The Balaban J connectivity index is 1.84. The molecule has 0 spiro atoms. The van der Waals surface area contributed by atoms with Crippen LogP contribution in [-0.4, -0.2) is 59.9 Å². The number of ether oxygens (including phenoxy) is 1. The Kier molecular flexibility index (Phi) is 9.39. The van der Waals surface area contributed by atoms with E-state index in [2.05, 4.69) is 15.0 Å². The maximum absolute atomic E-state index is 13.3. The zero-order chi connectivity index (χ0) is 29.2. The van der Waals surface area contributed by atoms with Crippen LogP contribution in [0.3, 0.4) is 0 Å². The minimum absolute atomic E-state index is 0.147. The molecule has 1 aromatic heterocycles. The van der Waals surface area contributed by atoms with Crippen molar-refractivity contribution in [1.82, 2.24) is 19.3 Å². The molecule has 1 saturated heterocycles. The minimum atomic E-state index is -3.99. The van der Waals surface area contributed by atoms with Gasteiger partial charge in [-0.1, -0.05) is 29.3 Å². The average Bonchev–Trinajstić information content (AvgIpc) is 2.82. The number of nitrogens with one attached hydrogen (secondary N) is 2. The lowest BCUT2D eigenvalue weighted by atomic mass is 9.63. The quantitative estimate of drug-likeness (QED) is 0.432. The molecule has 0 bridgehead atoms. The standard InChI is InChI=1S/C27H36Cl2N4O5S/c1-18(24(35)38-25(2,3)4)32-39(36,37)33-15-12-27(13-16-33,22-9-7-8-14-30-22)26(5,6)31-23(34)20-11-10-19(28)17-21(20)29/h7-11,14,17-18,32H,12-13,15-16H2,1-6H3,(H,31,34). The molecular formula is C27H36Cl2N4O5S. The van der Waals surface area contributed by atoms with E-state index < -0.39 is 38.8 Å². The Labute approximate surface area is 240 Å². The van der Waals surface area contributed by atoms with Gasteiger partial charge in [-0.2, -0.15) is 17.4 Å². The number of rotatable bonds is 8. The van der Waals surface area contributed by atoms with Crippen LogP contribution in [0.5, 0.6) is 0 Å². The summed E-state index contributed by atoms with van der Waals surface area (Å²) in [5.74, 6) is -1.03. The molecule has 12 heteroatoms. The number of hydrogen-bond donors (Lipinski definition) is 2. The zero-order valence-corrected chi connectivity index (χ0v) is 25.4. The lowest BCUT2D eigenvalue weighted by Crippen LogP contribution is -2.63. The number of amides is 1. The van der Waals surface area contributed by atoms with Gasteiger partial charge in [-0.15, -0.1) is 0 Å². The first-order chi connectivity index (χ1) is 18.0. The van der Waals surface area contributed by atoms with Gasteiger partial charge in [-0.05, 0) is 84.7 Å². The summed E-state index contributed by atoms with van der Waals surface area (Å²) in [5.41, 5.74) is -1.27. The highest BCUT2D eigenvalue weighted by atomic mass is 35.5. The summed E-state index contributed by atoms with van der Waals surface area (Å²) in [4.78, 5) is 30.3. The molecule has 9 nitrogen and oxygen atoms in total. The van der Waals surface area contributed by atoms with Crippen molar-refractivity contribution < 1.29 is 22.7 Å². The fraction of sp³-hybridized carbons (Fsp3) is 0.519. The van der Waals surface area contributed by atoms with Crippen molar-refractivity contribution in [3.8, 4) is 0 Å². The number of nitrogens with zero attached hydrogens (tertiary/aromatic N) is 2. The first-order valence-corrected chi connectivity index (χ1v) is 14.9. The monoisotopic (exact) mass is 598 g/mol. The second kappa shape index (κ2) is 11.7. The fourth-order valence-electron chi connectivity index (χ4n) is 4.84. The summed E-state index contributed by atoms with van der Waals surface area (Å²) in [6.07, 6.45) is 2.42. The molecule has 1 aromatic carbocycles. The Bertz CT molecular complexity index is 1310. The Hall–Kier alpha value is -2.24. The first-order valence-electron chi connectivity index (χ1n) is 12.7.